The molecule has 0 aliphatic carbocycles. The smallest absolute Gasteiger partial charge is 0.269 e. The summed E-state index contributed by atoms with van der Waals surface area (Å²) in [4.78, 5) is 22.0. The van der Waals surface area contributed by atoms with E-state index < -0.39 is 4.92 Å². The van der Waals surface area contributed by atoms with Gasteiger partial charge in [0.15, 0.2) is 0 Å². The number of unbranched alkanes of at least 4 members (excludes halogenated alkanes) is 13. The quantitative estimate of drug-likeness (QED) is 0.119. The molecule has 0 spiro atoms. The molecule has 168 valence electrons. The van der Waals surface area contributed by atoms with Crippen LogP contribution in [0.5, 0.6) is 0 Å². The highest BCUT2D eigenvalue weighted by molar-refractivity contribution is 5.91. The minimum atomic E-state index is -0.434. The maximum atomic E-state index is 11.8. The van der Waals surface area contributed by atoms with E-state index in [-0.39, 0.29) is 11.6 Å². The van der Waals surface area contributed by atoms with Crippen molar-refractivity contribution in [2.75, 3.05) is 6.54 Å². The van der Waals surface area contributed by atoms with Crippen molar-refractivity contribution in [1.82, 2.24) is 5.32 Å². The summed E-state index contributed by atoms with van der Waals surface area (Å²) in [7, 11) is 0. The molecule has 1 amide bonds. The van der Waals surface area contributed by atoms with Gasteiger partial charge in [-0.2, -0.15) is 0 Å². The third kappa shape index (κ3) is 13.9. The summed E-state index contributed by atoms with van der Waals surface area (Å²) in [5.41, 5.74) is 0.821. The average molecular weight is 417 g/mol. The molecule has 0 unspecified atom stereocenters. The van der Waals surface area contributed by atoms with E-state index in [1.54, 1.807) is 18.2 Å². The van der Waals surface area contributed by atoms with Crippen LogP contribution in [0, 0.1) is 10.1 Å². The van der Waals surface area contributed by atoms with Crippen molar-refractivity contribution in [2.24, 2.45) is 0 Å². The molecule has 0 radical (unpaired) electrons. The summed E-state index contributed by atoms with van der Waals surface area (Å²) >= 11 is 0. The number of carbonyl (C=O) groups is 1. The maximum Gasteiger partial charge on any atom is 0.269 e. The van der Waals surface area contributed by atoms with Gasteiger partial charge in [0, 0.05) is 24.8 Å². The van der Waals surface area contributed by atoms with E-state index in [0.29, 0.717) is 6.54 Å². The molecule has 0 fully saturated rings. The Kier molecular flexibility index (Phi) is 15.2. The Balaban J connectivity index is 1.91. The van der Waals surface area contributed by atoms with Crippen molar-refractivity contribution in [3.05, 3.63) is 46.0 Å². The van der Waals surface area contributed by atoms with Gasteiger partial charge in [-0.05, 0) is 30.2 Å². The maximum absolute atomic E-state index is 11.8. The molecule has 0 heterocycles. The molecule has 1 rings (SSSR count). The number of nitro groups is 1. The second kappa shape index (κ2) is 17.7. The van der Waals surface area contributed by atoms with Gasteiger partial charge in [-0.3, -0.25) is 14.9 Å². The lowest BCUT2D eigenvalue weighted by molar-refractivity contribution is -0.384. The summed E-state index contributed by atoms with van der Waals surface area (Å²) in [5.74, 6) is -0.122. The van der Waals surface area contributed by atoms with Gasteiger partial charge < -0.3 is 5.32 Å². The lowest BCUT2D eigenvalue weighted by atomic mass is 10.0. The van der Waals surface area contributed by atoms with Crippen LogP contribution in [0.15, 0.2) is 30.3 Å². The van der Waals surface area contributed by atoms with Gasteiger partial charge in [0.25, 0.3) is 5.69 Å². The number of hydrogen-bond donors (Lipinski definition) is 1. The number of non-ortho nitro benzene ring substituents is 1. The second-order valence-corrected chi connectivity index (χ2v) is 8.07. The number of nitrogens with one attached hydrogen (secondary N) is 1. The molecule has 0 aromatic heterocycles. The minimum absolute atomic E-state index is 0.0504. The highest BCUT2D eigenvalue weighted by Crippen LogP contribution is 2.14. The molecule has 1 aromatic carbocycles. The number of amides is 1. The summed E-state index contributed by atoms with van der Waals surface area (Å²) in [6.07, 6.45) is 21.7. The van der Waals surface area contributed by atoms with Crippen molar-refractivity contribution in [3.63, 3.8) is 0 Å². The zero-order valence-corrected chi connectivity index (χ0v) is 18.7. The van der Waals surface area contributed by atoms with Gasteiger partial charge in [0.1, 0.15) is 0 Å². The summed E-state index contributed by atoms with van der Waals surface area (Å²) < 4.78 is 0. The molecular weight excluding hydrogens is 376 g/mol. The number of nitro benzene ring substituents is 1. The highest BCUT2D eigenvalue weighted by atomic mass is 16.6. The Hall–Kier alpha value is -2.17. The van der Waals surface area contributed by atoms with Crippen LogP contribution in [0.2, 0.25) is 0 Å². The molecular formula is C25H40N2O3. The first-order valence-electron chi connectivity index (χ1n) is 11.8. The zero-order chi connectivity index (χ0) is 21.9. The fourth-order valence-corrected chi connectivity index (χ4v) is 3.47. The first kappa shape index (κ1) is 25.9. The first-order valence-corrected chi connectivity index (χ1v) is 11.8. The van der Waals surface area contributed by atoms with E-state index in [4.69, 9.17) is 0 Å². The molecule has 0 aliphatic heterocycles. The second-order valence-electron chi connectivity index (χ2n) is 8.07. The number of rotatable bonds is 18. The minimum Gasteiger partial charge on any atom is -0.353 e. The topological polar surface area (TPSA) is 72.2 Å². The standard InChI is InChI=1S/C25H40N2O3/c1-2-3-4-5-6-7-8-9-10-11-12-13-14-15-22-26-25(28)21-18-23-16-19-24(20-17-23)27(29)30/h16-21H,2-15,22H2,1H3,(H,26,28)/b21-18+. The van der Waals surface area contributed by atoms with Crippen LogP contribution < -0.4 is 5.32 Å². The fourth-order valence-electron chi connectivity index (χ4n) is 3.47. The predicted molar refractivity (Wildman–Crippen MR) is 125 cm³/mol. The summed E-state index contributed by atoms with van der Waals surface area (Å²) in [6, 6.07) is 6.14. The lowest BCUT2D eigenvalue weighted by Gasteiger charge is -2.04. The van der Waals surface area contributed by atoms with Gasteiger partial charge >= 0.3 is 0 Å². The van der Waals surface area contributed by atoms with Crippen LogP contribution in [0.4, 0.5) is 5.69 Å². The monoisotopic (exact) mass is 416 g/mol. The van der Waals surface area contributed by atoms with E-state index in [1.807, 2.05) is 0 Å². The lowest BCUT2D eigenvalue weighted by Crippen LogP contribution is -2.21. The van der Waals surface area contributed by atoms with E-state index in [0.717, 1.165) is 18.4 Å². The third-order valence-electron chi connectivity index (χ3n) is 5.36. The molecule has 0 atom stereocenters. The average Bonchev–Trinajstić information content (AvgIpc) is 2.75. The van der Waals surface area contributed by atoms with Crippen LogP contribution in [0.3, 0.4) is 0 Å². The Labute approximate surface area is 182 Å². The van der Waals surface area contributed by atoms with Crippen molar-refractivity contribution < 1.29 is 9.72 Å². The third-order valence-corrected chi connectivity index (χ3v) is 5.36. The Morgan fingerprint density at radius 1 is 0.833 bits per heavy atom. The Bertz CT molecular complexity index is 611. The number of hydrogen-bond acceptors (Lipinski definition) is 3. The molecule has 30 heavy (non-hydrogen) atoms. The molecule has 5 nitrogen and oxygen atoms in total. The van der Waals surface area contributed by atoms with Crippen molar-refractivity contribution >= 4 is 17.7 Å². The Morgan fingerprint density at radius 3 is 1.77 bits per heavy atom. The summed E-state index contributed by atoms with van der Waals surface area (Å²) in [6.45, 7) is 2.96. The van der Waals surface area contributed by atoms with Crippen molar-refractivity contribution in [3.8, 4) is 0 Å². The molecule has 0 bridgehead atoms. The normalized spacial score (nSPS) is 11.1. The molecule has 5 heteroatoms. The van der Waals surface area contributed by atoms with E-state index in [9.17, 15) is 14.9 Å². The molecule has 1 N–H and O–H groups in total. The number of benzene rings is 1. The summed E-state index contributed by atoms with van der Waals surface area (Å²) in [5, 5.41) is 13.5. The van der Waals surface area contributed by atoms with Crippen molar-refractivity contribution in [2.45, 2.75) is 96.8 Å². The fraction of sp³-hybridized carbons (Fsp3) is 0.640. The number of carbonyl (C=O) groups excluding carboxylic acids is 1. The van der Waals surface area contributed by atoms with E-state index in [2.05, 4.69) is 12.2 Å². The van der Waals surface area contributed by atoms with Crippen LogP contribution in [-0.2, 0) is 4.79 Å². The van der Waals surface area contributed by atoms with E-state index >= 15 is 0 Å². The van der Waals surface area contributed by atoms with Crippen molar-refractivity contribution in [1.29, 1.82) is 0 Å². The SMILES string of the molecule is CCCCCCCCCCCCCCCCNC(=O)/C=C/c1ccc([N+](=O)[O-])cc1. The molecule has 0 saturated carbocycles. The molecule has 1 aromatic rings. The van der Waals surface area contributed by atoms with Crippen LogP contribution >= 0.6 is 0 Å². The number of nitrogens with zero attached hydrogens (tertiary/aromatic N) is 1. The Morgan fingerprint density at radius 2 is 1.30 bits per heavy atom. The highest BCUT2D eigenvalue weighted by Gasteiger charge is 2.02. The van der Waals surface area contributed by atoms with Gasteiger partial charge in [0.05, 0.1) is 4.92 Å². The van der Waals surface area contributed by atoms with Crippen LogP contribution in [-0.4, -0.2) is 17.4 Å². The first-order chi connectivity index (χ1) is 14.6. The predicted octanol–water partition coefficient (Wildman–Crippen LogP) is 7.21. The van der Waals surface area contributed by atoms with Crippen LogP contribution in [0.25, 0.3) is 6.08 Å². The largest absolute Gasteiger partial charge is 0.353 e. The van der Waals surface area contributed by atoms with Gasteiger partial charge in [0.2, 0.25) is 5.91 Å². The molecule has 0 aliphatic rings. The van der Waals surface area contributed by atoms with Gasteiger partial charge in [-0.15, -0.1) is 0 Å². The van der Waals surface area contributed by atoms with E-state index in [1.165, 1.54) is 95.3 Å². The van der Waals surface area contributed by atoms with Gasteiger partial charge in [-0.25, -0.2) is 0 Å². The van der Waals surface area contributed by atoms with Crippen LogP contribution in [0.1, 0.15) is 102 Å². The molecule has 0 saturated heterocycles. The van der Waals surface area contributed by atoms with Gasteiger partial charge in [-0.1, -0.05) is 90.4 Å². The zero-order valence-electron chi connectivity index (χ0n) is 18.7.